The molecule has 2 N–H and O–H groups in total. The number of halogens is 8. The number of aromatic nitrogens is 5. The van der Waals surface area contributed by atoms with E-state index in [9.17, 15) is 44.7 Å². The SMILES string of the molecule is CC.CCn1nccc1C(=O)NC(c1cn2nc(C)c(CN(C)CC(F)(F)F)cc2n1)C1CCC(F)(F)CC1.FC(F)F.O=C1CCCCN1. The molecule has 0 radical (unpaired) electrons. The maximum Gasteiger partial charge on any atom is 0.401 e. The Kier molecular flexibility index (Phi) is 16.5. The third-order valence-corrected chi connectivity index (χ3v) is 7.89. The lowest BCUT2D eigenvalue weighted by atomic mass is 9.81. The molecule has 1 saturated heterocycles. The maximum absolute atomic E-state index is 13.9. The molecule has 3 aromatic rings. The maximum atomic E-state index is 13.9. The highest BCUT2D eigenvalue weighted by Gasteiger charge is 2.39. The van der Waals surface area contributed by atoms with Crippen LogP contribution >= 0.6 is 0 Å². The molecule has 5 rings (SSSR count). The average molecular weight is 727 g/mol. The van der Waals surface area contributed by atoms with E-state index in [0.29, 0.717) is 34.8 Å². The van der Waals surface area contributed by atoms with Crippen LogP contribution in [0.25, 0.3) is 5.65 Å². The average Bonchev–Trinajstić information content (AvgIpc) is 3.68. The monoisotopic (exact) mass is 726 g/mol. The van der Waals surface area contributed by atoms with E-state index >= 15 is 0 Å². The molecule has 1 saturated carbocycles. The fraction of sp³-hybridized carbons (Fsp3) is 0.656. The van der Waals surface area contributed by atoms with Gasteiger partial charge in [0.1, 0.15) is 5.69 Å². The van der Waals surface area contributed by atoms with Gasteiger partial charge >= 0.3 is 12.9 Å². The minimum absolute atomic E-state index is 0.0237. The molecule has 0 bridgehead atoms. The standard InChI is InChI=1S/C24H30F5N7O.C5H9NO.C2H6.CHF3/c1-4-35-19(7-10-30-35)22(37)32-21(16-5-8-23(25,26)9-6-16)18-13-36-20(31-18)11-17(15(2)33-36)12-34(3)14-24(27,28)29;7-5-3-1-2-4-6-5;1-2;2-1(3)4/h7,10-11,13,16,21H,4-6,8-9,12,14H2,1-3H3,(H,32,37);1-4H2,(H,6,7);1-2H3;1H. The molecule has 3 aromatic heterocycles. The Balaban J connectivity index is 0.000000565. The highest BCUT2D eigenvalue weighted by atomic mass is 19.4. The topological polar surface area (TPSA) is 109 Å². The fourth-order valence-electron chi connectivity index (χ4n) is 5.58. The van der Waals surface area contributed by atoms with E-state index in [1.165, 1.54) is 17.8 Å². The van der Waals surface area contributed by atoms with Crippen molar-refractivity contribution in [2.24, 2.45) is 5.92 Å². The third kappa shape index (κ3) is 13.8. The quantitative estimate of drug-likeness (QED) is 0.241. The molecule has 1 aliphatic carbocycles. The number of carbonyl (C=O) groups is 2. The van der Waals surface area contributed by atoms with Crippen LogP contribution in [0.15, 0.2) is 24.5 Å². The van der Waals surface area contributed by atoms with Gasteiger partial charge < -0.3 is 10.6 Å². The van der Waals surface area contributed by atoms with Gasteiger partial charge in [0, 0.05) is 45.1 Å². The Bertz CT molecular complexity index is 1470. The highest BCUT2D eigenvalue weighted by molar-refractivity contribution is 5.92. The number of fused-ring (bicyclic) bond motifs is 1. The predicted octanol–water partition coefficient (Wildman–Crippen LogP) is 7.04. The number of carbonyl (C=O) groups excluding carboxylic acids is 2. The molecule has 50 heavy (non-hydrogen) atoms. The van der Waals surface area contributed by atoms with Crippen molar-refractivity contribution < 1.29 is 44.7 Å². The van der Waals surface area contributed by atoms with E-state index in [1.807, 2.05) is 20.8 Å². The molecule has 18 heteroatoms. The summed E-state index contributed by atoms with van der Waals surface area (Å²) in [4.78, 5) is 29.2. The van der Waals surface area contributed by atoms with E-state index in [0.717, 1.165) is 30.7 Å². The number of aryl methyl sites for hydroxylation is 2. The number of alkyl halides is 8. The smallest absolute Gasteiger partial charge is 0.356 e. The molecule has 0 spiro atoms. The zero-order valence-corrected chi connectivity index (χ0v) is 28.8. The summed E-state index contributed by atoms with van der Waals surface area (Å²) >= 11 is 0. The zero-order chi connectivity index (χ0) is 37.6. The molecule has 4 heterocycles. The van der Waals surface area contributed by atoms with Crippen LogP contribution in [0.3, 0.4) is 0 Å². The van der Waals surface area contributed by atoms with Gasteiger partial charge in [-0.3, -0.25) is 19.2 Å². The lowest BCUT2D eigenvalue weighted by Crippen LogP contribution is -2.38. The summed E-state index contributed by atoms with van der Waals surface area (Å²) in [5, 5.41) is 14.3. The van der Waals surface area contributed by atoms with Crippen LogP contribution in [0.1, 0.15) is 99.2 Å². The number of rotatable bonds is 8. The van der Waals surface area contributed by atoms with Crippen molar-refractivity contribution in [1.82, 2.24) is 39.9 Å². The first-order valence-corrected chi connectivity index (χ1v) is 16.5. The van der Waals surface area contributed by atoms with Gasteiger partial charge in [-0.25, -0.2) is 18.3 Å². The highest BCUT2D eigenvalue weighted by Crippen LogP contribution is 2.41. The number of nitrogens with one attached hydrogen (secondary N) is 2. The fourth-order valence-corrected chi connectivity index (χ4v) is 5.58. The Morgan fingerprint density at radius 1 is 1.16 bits per heavy atom. The van der Waals surface area contributed by atoms with Crippen molar-refractivity contribution in [2.45, 2.75) is 111 Å². The molecular weight excluding hydrogens is 680 g/mol. The summed E-state index contributed by atoms with van der Waals surface area (Å²) in [6.07, 6.45) is 1.66. The van der Waals surface area contributed by atoms with E-state index in [-0.39, 0.29) is 44.1 Å². The van der Waals surface area contributed by atoms with Crippen molar-refractivity contribution in [3.63, 3.8) is 0 Å². The van der Waals surface area contributed by atoms with Crippen LogP contribution in [0, 0.1) is 12.8 Å². The van der Waals surface area contributed by atoms with Crippen molar-refractivity contribution in [3.8, 4) is 0 Å². The summed E-state index contributed by atoms with van der Waals surface area (Å²) in [5.41, 5.74) is 2.33. The second kappa shape index (κ2) is 19.5. The molecular formula is C32H46F8N8O2. The lowest BCUT2D eigenvalue weighted by molar-refractivity contribution is -0.144. The summed E-state index contributed by atoms with van der Waals surface area (Å²) in [5.74, 6) is -3.19. The van der Waals surface area contributed by atoms with Gasteiger partial charge in [-0.05, 0) is 70.2 Å². The van der Waals surface area contributed by atoms with E-state index in [1.54, 1.807) is 29.9 Å². The summed E-state index contributed by atoms with van der Waals surface area (Å²) in [6, 6.07) is 2.60. The van der Waals surface area contributed by atoms with Gasteiger partial charge in [-0.15, -0.1) is 0 Å². The molecule has 1 atom stereocenters. The molecule has 0 aromatic carbocycles. The van der Waals surface area contributed by atoms with Gasteiger partial charge in [0.25, 0.3) is 5.91 Å². The first-order chi connectivity index (χ1) is 23.5. The van der Waals surface area contributed by atoms with Crippen LogP contribution < -0.4 is 10.6 Å². The Morgan fingerprint density at radius 2 is 1.80 bits per heavy atom. The van der Waals surface area contributed by atoms with Crippen molar-refractivity contribution in [2.75, 3.05) is 20.1 Å². The number of piperidine rings is 1. The summed E-state index contributed by atoms with van der Waals surface area (Å²) < 4.78 is 98.1. The van der Waals surface area contributed by atoms with Crippen LogP contribution in [-0.4, -0.2) is 80.0 Å². The van der Waals surface area contributed by atoms with Crippen LogP contribution in [0.4, 0.5) is 35.1 Å². The van der Waals surface area contributed by atoms with Crippen molar-refractivity contribution in [3.05, 3.63) is 47.2 Å². The van der Waals surface area contributed by atoms with Gasteiger partial charge in [0.15, 0.2) is 5.65 Å². The number of hydrogen-bond acceptors (Lipinski definition) is 6. The minimum Gasteiger partial charge on any atom is -0.356 e. The third-order valence-electron chi connectivity index (χ3n) is 7.89. The number of nitrogens with zero attached hydrogens (tertiary/aromatic N) is 6. The van der Waals surface area contributed by atoms with Gasteiger partial charge in [0.05, 0.1) is 30.2 Å². The van der Waals surface area contributed by atoms with Gasteiger partial charge in [-0.2, -0.15) is 36.5 Å². The molecule has 10 nitrogen and oxygen atoms in total. The Hall–Kier alpha value is -3.83. The molecule has 1 aliphatic heterocycles. The van der Waals surface area contributed by atoms with Crippen molar-refractivity contribution in [1.29, 1.82) is 0 Å². The molecule has 2 aliphatic rings. The number of amides is 2. The Morgan fingerprint density at radius 3 is 2.32 bits per heavy atom. The minimum atomic E-state index is -4.32. The molecule has 282 valence electrons. The summed E-state index contributed by atoms with van der Waals surface area (Å²) in [7, 11) is 1.37. The zero-order valence-electron chi connectivity index (χ0n) is 28.8. The van der Waals surface area contributed by atoms with E-state index < -0.39 is 37.3 Å². The lowest BCUT2D eigenvalue weighted by Gasteiger charge is -2.33. The number of imidazole rings is 1. The van der Waals surface area contributed by atoms with E-state index in [4.69, 9.17) is 0 Å². The normalized spacial score (nSPS) is 16.7. The number of hydrogen-bond donors (Lipinski definition) is 2. The van der Waals surface area contributed by atoms with E-state index in [2.05, 4.69) is 25.8 Å². The first-order valence-electron chi connectivity index (χ1n) is 16.5. The van der Waals surface area contributed by atoms with Crippen LogP contribution in [-0.2, 0) is 17.9 Å². The van der Waals surface area contributed by atoms with Crippen LogP contribution in [0.2, 0.25) is 0 Å². The molecule has 2 amide bonds. The Labute approximate surface area is 286 Å². The summed E-state index contributed by atoms with van der Waals surface area (Å²) in [6.45, 7) is 4.22. The van der Waals surface area contributed by atoms with Gasteiger partial charge in [0.2, 0.25) is 11.8 Å². The van der Waals surface area contributed by atoms with Crippen LogP contribution in [0.5, 0.6) is 0 Å². The van der Waals surface area contributed by atoms with Gasteiger partial charge in [-0.1, -0.05) is 13.8 Å². The second-order valence-corrected chi connectivity index (χ2v) is 11.7. The molecule has 1 unspecified atom stereocenters. The molecule has 2 fully saturated rings. The predicted molar refractivity (Wildman–Crippen MR) is 170 cm³/mol. The second-order valence-electron chi connectivity index (χ2n) is 11.7. The first kappa shape index (κ1) is 42.3. The van der Waals surface area contributed by atoms with Crippen molar-refractivity contribution >= 4 is 17.5 Å². The largest absolute Gasteiger partial charge is 0.401 e.